The highest BCUT2D eigenvalue weighted by Gasteiger charge is 2.16. The summed E-state index contributed by atoms with van der Waals surface area (Å²) < 4.78 is 3.79. The van der Waals surface area contributed by atoms with Crippen molar-refractivity contribution in [2.75, 3.05) is 18.4 Å². The minimum Gasteiger partial charge on any atom is -0.370 e. The standard InChI is InChI=1S/C22H26N8O/c1-4-16-15(2)27-19-14-18(21-25-12-13-29(21)3)28-30(19)20(16)24-10-7-11-26-22(31)17-8-5-6-9-23-17/h5-6,8-9,12-14,24H,4,7,10-11H2,1-3H3,(H,26,31). The Morgan fingerprint density at radius 3 is 2.74 bits per heavy atom. The largest absolute Gasteiger partial charge is 0.370 e. The third kappa shape index (κ3) is 4.25. The lowest BCUT2D eigenvalue weighted by atomic mass is 10.1. The summed E-state index contributed by atoms with van der Waals surface area (Å²) >= 11 is 0. The van der Waals surface area contributed by atoms with Crippen LogP contribution in [0.3, 0.4) is 0 Å². The second-order valence-electron chi connectivity index (χ2n) is 7.29. The number of fused-ring (bicyclic) bond motifs is 1. The average Bonchev–Trinajstić information content (AvgIpc) is 3.39. The number of hydrogen-bond acceptors (Lipinski definition) is 6. The smallest absolute Gasteiger partial charge is 0.269 e. The third-order valence-corrected chi connectivity index (χ3v) is 5.14. The lowest BCUT2D eigenvalue weighted by Gasteiger charge is -2.15. The molecule has 0 aliphatic heterocycles. The average molecular weight is 419 g/mol. The lowest BCUT2D eigenvalue weighted by molar-refractivity contribution is 0.0948. The van der Waals surface area contributed by atoms with E-state index in [0.29, 0.717) is 18.8 Å². The van der Waals surface area contributed by atoms with Crippen molar-refractivity contribution in [3.05, 3.63) is 59.8 Å². The van der Waals surface area contributed by atoms with Crippen LogP contribution in [0.4, 0.5) is 5.82 Å². The number of amides is 1. The molecule has 0 aromatic carbocycles. The topological polar surface area (TPSA) is 102 Å². The SMILES string of the molecule is CCc1c(C)nc2cc(-c3nccn3C)nn2c1NCCCNC(=O)c1ccccn1. The Labute approximate surface area is 180 Å². The van der Waals surface area contributed by atoms with Crippen molar-refractivity contribution in [3.8, 4) is 11.5 Å². The molecular formula is C22H26N8O. The molecule has 4 rings (SSSR count). The van der Waals surface area contributed by atoms with Gasteiger partial charge in [-0.05, 0) is 31.9 Å². The van der Waals surface area contributed by atoms with Crippen LogP contribution in [0.25, 0.3) is 17.2 Å². The number of aromatic nitrogens is 6. The van der Waals surface area contributed by atoms with Gasteiger partial charge in [0.25, 0.3) is 5.91 Å². The maximum Gasteiger partial charge on any atom is 0.269 e. The molecule has 4 heterocycles. The van der Waals surface area contributed by atoms with Crippen molar-refractivity contribution in [1.29, 1.82) is 0 Å². The molecule has 9 nitrogen and oxygen atoms in total. The summed E-state index contributed by atoms with van der Waals surface area (Å²) in [4.78, 5) is 25.3. The zero-order valence-corrected chi connectivity index (χ0v) is 18.0. The van der Waals surface area contributed by atoms with Crippen molar-refractivity contribution in [2.45, 2.75) is 26.7 Å². The molecule has 1 amide bonds. The summed E-state index contributed by atoms with van der Waals surface area (Å²) in [7, 11) is 1.95. The second-order valence-corrected chi connectivity index (χ2v) is 7.29. The van der Waals surface area contributed by atoms with Crippen LogP contribution >= 0.6 is 0 Å². The van der Waals surface area contributed by atoms with Gasteiger partial charge in [0, 0.05) is 56.1 Å². The predicted octanol–water partition coefficient (Wildman–Crippen LogP) is 2.63. The number of carbonyl (C=O) groups excluding carboxylic acids is 1. The predicted molar refractivity (Wildman–Crippen MR) is 119 cm³/mol. The van der Waals surface area contributed by atoms with Gasteiger partial charge in [0.15, 0.2) is 11.5 Å². The van der Waals surface area contributed by atoms with Crippen LogP contribution in [0.15, 0.2) is 42.9 Å². The first-order valence-electron chi connectivity index (χ1n) is 10.4. The number of anilines is 1. The van der Waals surface area contributed by atoms with Crippen LogP contribution in [0.5, 0.6) is 0 Å². The Balaban J connectivity index is 1.48. The van der Waals surface area contributed by atoms with Crippen LogP contribution in [-0.4, -0.2) is 48.1 Å². The van der Waals surface area contributed by atoms with Gasteiger partial charge < -0.3 is 15.2 Å². The molecule has 0 spiro atoms. The lowest BCUT2D eigenvalue weighted by Crippen LogP contribution is -2.26. The van der Waals surface area contributed by atoms with Gasteiger partial charge in [-0.3, -0.25) is 9.78 Å². The van der Waals surface area contributed by atoms with E-state index in [1.165, 1.54) is 0 Å². The second kappa shape index (κ2) is 8.95. The van der Waals surface area contributed by atoms with E-state index in [9.17, 15) is 4.79 Å². The van der Waals surface area contributed by atoms with Crippen molar-refractivity contribution < 1.29 is 4.79 Å². The number of nitrogens with one attached hydrogen (secondary N) is 2. The molecule has 0 unspecified atom stereocenters. The summed E-state index contributed by atoms with van der Waals surface area (Å²) in [6.45, 7) is 5.36. The van der Waals surface area contributed by atoms with E-state index >= 15 is 0 Å². The molecule has 4 aromatic rings. The van der Waals surface area contributed by atoms with Gasteiger partial charge >= 0.3 is 0 Å². The summed E-state index contributed by atoms with van der Waals surface area (Å²) in [5, 5.41) is 11.2. The van der Waals surface area contributed by atoms with Crippen LogP contribution < -0.4 is 10.6 Å². The molecule has 0 saturated heterocycles. The Bertz CT molecular complexity index is 1200. The van der Waals surface area contributed by atoms with E-state index in [0.717, 1.165) is 47.1 Å². The molecule has 31 heavy (non-hydrogen) atoms. The Kier molecular flexibility index (Phi) is 5.92. The molecule has 4 aromatic heterocycles. The zero-order chi connectivity index (χ0) is 21.8. The Morgan fingerprint density at radius 2 is 2.03 bits per heavy atom. The molecule has 160 valence electrons. The van der Waals surface area contributed by atoms with Gasteiger partial charge in [0.1, 0.15) is 17.2 Å². The fourth-order valence-corrected chi connectivity index (χ4v) is 3.57. The van der Waals surface area contributed by atoms with Gasteiger partial charge in [-0.25, -0.2) is 9.97 Å². The van der Waals surface area contributed by atoms with Gasteiger partial charge in [-0.1, -0.05) is 13.0 Å². The van der Waals surface area contributed by atoms with Crippen molar-refractivity contribution in [1.82, 2.24) is 34.4 Å². The summed E-state index contributed by atoms with van der Waals surface area (Å²) in [6, 6.07) is 7.25. The number of pyridine rings is 1. The van der Waals surface area contributed by atoms with E-state index in [1.54, 1.807) is 30.6 Å². The quantitative estimate of drug-likeness (QED) is 0.427. The maximum absolute atomic E-state index is 12.1. The number of hydrogen-bond donors (Lipinski definition) is 2. The fraction of sp³-hybridized carbons (Fsp3) is 0.318. The summed E-state index contributed by atoms with van der Waals surface area (Å²) in [5.41, 5.74) is 4.08. The monoisotopic (exact) mass is 418 g/mol. The Morgan fingerprint density at radius 1 is 1.16 bits per heavy atom. The van der Waals surface area contributed by atoms with Gasteiger partial charge in [-0.15, -0.1) is 0 Å². The molecule has 0 saturated carbocycles. The first-order chi connectivity index (χ1) is 15.1. The van der Waals surface area contributed by atoms with Gasteiger partial charge in [0.05, 0.1) is 0 Å². The van der Waals surface area contributed by atoms with Crippen molar-refractivity contribution in [3.63, 3.8) is 0 Å². The number of carbonyl (C=O) groups is 1. The van der Waals surface area contributed by atoms with Crippen LogP contribution in [0, 0.1) is 6.92 Å². The highest BCUT2D eigenvalue weighted by molar-refractivity contribution is 5.92. The maximum atomic E-state index is 12.1. The fourth-order valence-electron chi connectivity index (χ4n) is 3.57. The summed E-state index contributed by atoms with van der Waals surface area (Å²) in [6.07, 6.45) is 6.87. The van der Waals surface area contributed by atoms with Crippen molar-refractivity contribution in [2.24, 2.45) is 7.05 Å². The molecule has 9 heteroatoms. The number of rotatable bonds is 8. The van der Waals surface area contributed by atoms with E-state index < -0.39 is 0 Å². The van der Waals surface area contributed by atoms with Crippen molar-refractivity contribution >= 4 is 17.4 Å². The molecule has 0 bridgehead atoms. The van der Waals surface area contributed by atoms with E-state index in [2.05, 4.69) is 27.5 Å². The minimum absolute atomic E-state index is 0.163. The minimum atomic E-state index is -0.163. The number of aryl methyl sites for hydroxylation is 2. The molecular weight excluding hydrogens is 392 g/mol. The number of nitrogens with zero attached hydrogens (tertiary/aromatic N) is 6. The molecule has 0 atom stereocenters. The van der Waals surface area contributed by atoms with Crippen LogP contribution in [-0.2, 0) is 13.5 Å². The van der Waals surface area contributed by atoms with E-state index in [4.69, 9.17) is 10.1 Å². The zero-order valence-electron chi connectivity index (χ0n) is 18.0. The van der Waals surface area contributed by atoms with Crippen LogP contribution in [0.1, 0.15) is 35.1 Å². The molecule has 2 N–H and O–H groups in total. The Hall–Kier alpha value is -3.75. The molecule has 0 aliphatic rings. The van der Waals surface area contributed by atoms with Crippen LogP contribution in [0.2, 0.25) is 0 Å². The molecule has 0 aliphatic carbocycles. The van der Waals surface area contributed by atoms with E-state index in [-0.39, 0.29) is 5.91 Å². The van der Waals surface area contributed by atoms with Gasteiger partial charge in [-0.2, -0.15) is 9.61 Å². The van der Waals surface area contributed by atoms with Gasteiger partial charge in [0.2, 0.25) is 0 Å². The molecule has 0 radical (unpaired) electrons. The highest BCUT2D eigenvalue weighted by Crippen LogP contribution is 2.24. The number of imidazole rings is 1. The highest BCUT2D eigenvalue weighted by atomic mass is 16.1. The van der Waals surface area contributed by atoms with E-state index in [1.807, 2.05) is 35.3 Å². The first kappa shape index (κ1) is 20.5. The third-order valence-electron chi connectivity index (χ3n) is 5.14. The summed E-state index contributed by atoms with van der Waals surface area (Å²) in [5.74, 6) is 1.56. The first-order valence-corrected chi connectivity index (χ1v) is 10.4. The normalized spacial score (nSPS) is 11.1. The molecule has 0 fully saturated rings.